The van der Waals surface area contributed by atoms with E-state index in [0.717, 1.165) is 0 Å². The number of ether oxygens (including phenoxy) is 1. The summed E-state index contributed by atoms with van der Waals surface area (Å²) in [6.45, 7) is 0. The highest BCUT2D eigenvalue weighted by molar-refractivity contribution is 7.92. The van der Waals surface area contributed by atoms with Crippen molar-refractivity contribution < 1.29 is 26.7 Å². The lowest BCUT2D eigenvalue weighted by Gasteiger charge is -2.11. The van der Waals surface area contributed by atoms with Crippen LogP contribution in [0.4, 0.5) is 20.2 Å². The Balaban J connectivity index is 1.81. The number of anilines is 2. The Kier molecular flexibility index (Phi) is 6.23. The summed E-state index contributed by atoms with van der Waals surface area (Å²) in [6, 6.07) is 13.0. The molecule has 10 heteroatoms. The molecule has 0 radical (unpaired) electrons. The first-order chi connectivity index (χ1) is 14.2. The van der Waals surface area contributed by atoms with Crippen LogP contribution >= 0.6 is 11.6 Å². The number of sulfonamides is 1. The molecule has 0 aromatic heterocycles. The maximum atomic E-state index is 13.4. The minimum absolute atomic E-state index is 0.118. The molecule has 30 heavy (non-hydrogen) atoms. The number of hydrogen-bond acceptors (Lipinski definition) is 4. The molecule has 0 unspecified atom stereocenters. The van der Waals surface area contributed by atoms with Gasteiger partial charge < -0.3 is 10.1 Å². The van der Waals surface area contributed by atoms with E-state index >= 15 is 0 Å². The zero-order valence-corrected chi connectivity index (χ0v) is 17.0. The normalized spacial score (nSPS) is 11.1. The molecular formula is C20H15ClF2N2O4S. The van der Waals surface area contributed by atoms with Crippen LogP contribution in [0, 0.1) is 11.6 Å². The van der Waals surface area contributed by atoms with Gasteiger partial charge in [-0.05, 0) is 54.6 Å². The van der Waals surface area contributed by atoms with E-state index in [-0.39, 0.29) is 21.2 Å². The van der Waals surface area contributed by atoms with E-state index in [1.807, 2.05) is 0 Å². The van der Waals surface area contributed by atoms with Crippen LogP contribution in [-0.4, -0.2) is 21.4 Å². The molecule has 0 spiro atoms. The van der Waals surface area contributed by atoms with Gasteiger partial charge in [0.05, 0.1) is 22.6 Å². The van der Waals surface area contributed by atoms with E-state index < -0.39 is 27.6 Å². The fourth-order valence-corrected chi connectivity index (χ4v) is 3.85. The molecule has 0 fully saturated rings. The smallest absolute Gasteiger partial charge is 0.261 e. The fourth-order valence-electron chi connectivity index (χ4n) is 2.51. The Morgan fingerprint density at radius 1 is 0.967 bits per heavy atom. The van der Waals surface area contributed by atoms with Crippen molar-refractivity contribution in [3.63, 3.8) is 0 Å². The highest BCUT2D eigenvalue weighted by Gasteiger charge is 2.18. The molecule has 3 aromatic rings. The number of carbonyl (C=O) groups is 1. The molecule has 0 aliphatic heterocycles. The maximum Gasteiger partial charge on any atom is 0.261 e. The van der Waals surface area contributed by atoms with Crippen LogP contribution in [-0.2, 0) is 10.0 Å². The van der Waals surface area contributed by atoms with Crippen LogP contribution in [0.2, 0.25) is 5.02 Å². The molecular weight excluding hydrogens is 438 g/mol. The first-order valence-electron chi connectivity index (χ1n) is 8.42. The average Bonchev–Trinajstić information content (AvgIpc) is 2.71. The Morgan fingerprint density at radius 2 is 1.63 bits per heavy atom. The van der Waals surface area contributed by atoms with Gasteiger partial charge in [-0.2, -0.15) is 0 Å². The lowest BCUT2D eigenvalue weighted by atomic mass is 10.2. The Labute approximate surface area is 176 Å². The van der Waals surface area contributed by atoms with Crippen molar-refractivity contribution in [2.45, 2.75) is 4.90 Å². The van der Waals surface area contributed by atoms with Crippen LogP contribution < -0.4 is 14.8 Å². The molecule has 2 N–H and O–H groups in total. The first-order valence-corrected chi connectivity index (χ1v) is 10.3. The number of rotatable bonds is 6. The summed E-state index contributed by atoms with van der Waals surface area (Å²) < 4.78 is 59.3. The molecule has 3 aromatic carbocycles. The number of halogens is 3. The van der Waals surface area contributed by atoms with Crippen LogP contribution in [0.1, 0.15) is 10.4 Å². The van der Waals surface area contributed by atoms with Crippen molar-refractivity contribution in [1.82, 2.24) is 0 Å². The van der Waals surface area contributed by atoms with Gasteiger partial charge in [0.2, 0.25) is 0 Å². The summed E-state index contributed by atoms with van der Waals surface area (Å²) in [6.07, 6.45) is 0. The fraction of sp³-hybridized carbons (Fsp3) is 0.0500. The van der Waals surface area contributed by atoms with Gasteiger partial charge in [-0.3, -0.25) is 9.52 Å². The van der Waals surface area contributed by atoms with Gasteiger partial charge in [0, 0.05) is 11.4 Å². The average molecular weight is 453 g/mol. The van der Waals surface area contributed by atoms with E-state index in [9.17, 15) is 22.0 Å². The third-order valence-corrected chi connectivity index (χ3v) is 5.69. The molecule has 156 valence electrons. The number of hydrogen-bond donors (Lipinski definition) is 2. The number of carbonyl (C=O) groups excluding carboxylic acids is 1. The molecule has 6 nitrogen and oxygen atoms in total. The Bertz CT molecular complexity index is 1200. The topological polar surface area (TPSA) is 84.5 Å². The number of amides is 1. The quantitative estimate of drug-likeness (QED) is 0.532. The summed E-state index contributed by atoms with van der Waals surface area (Å²) in [5.74, 6) is -2.67. The molecule has 0 saturated heterocycles. The Hall–Kier alpha value is -3.17. The molecule has 0 aliphatic rings. The first kappa shape index (κ1) is 21.5. The van der Waals surface area contributed by atoms with E-state index in [2.05, 4.69) is 10.0 Å². The second kappa shape index (κ2) is 8.68. The van der Waals surface area contributed by atoms with E-state index in [1.165, 1.54) is 43.5 Å². The zero-order chi connectivity index (χ0) is 21.9. The van der Waals surface area contributed by atoms with Crippen molar-refractivity contribution in [3.8, 4) is 5.75 Å². The zero-order valence-electron chi connectivity index (χ0n) is 15.4. The predicted octanol–water partition coefficient (Wildman–Crippen LogP) is 4.68. The largest absolute Gasteiger partial charge is 0.497 e. The van der Waals surface area contributed by atoms with Crippen LogP contribution in [0.25, 0.3) is 0 Å². The SMILES string of the molecule is COc1ccc(NS(=O)(=O)c2cccc(NC(=O)c3cc(F)c(F)cc3Cl)c2)cc1. The molecule has 0 atom stereocenters. The van der Waals surface area contributed by atoms with E-state index in [4.69, 9.17) is 16.3 Å². The van der Waals surface area contributed by atoms with E-state index in [0.29, 0.717) is 23.6 Å². The van der Waals surface area contributed by atoms with Gasteiger partial charge >= 0.3 is 0 Å². The Morgan fingerprint density at radius 3 is 2.30 bits per heavy atom. The van der Waals surface area contributed by atoms with Crippen molar-refractivity contribution in [2.75, 3.05) is 17.1 Å². The van der Waals surface area contributed by atoms with Gasteiger partial charge in [0.15, 0.2) is 11.6 Å². The molecule has 1 amide bonds. The monoisotopic (exact) mass is 452 g/mol. The van der Waals surface area contributed by atoms with Gasteiger partial charge in [0.25, 0.3) is 15.9 Å². The standard InChI is InChI=1S/C20H15ClF2N2O4S/c1-29-14-7-5-12(6-8-14)25-30(27,28)15-4-2-3-13(9-15)24-20(26)16-10-18(22)19(23)11-17(16)21/h2-11,25H,1H3,(H,24,26). The highest BCUT2D eigenvalue weighted by Crippen LogP contribution is 2.24. The van der Waals surface area contributed by atoms with Gasteiger partial charge in [0.1, 0.15) is 5.75 Å². The summed E-state index contributed by atoms with van der Waals surface area (Å²) >= 11 is 5.80. The maximum absolute atomic E-state index is 13.4. The summed E-state index contributed by atoms with van der Waals surface area (Å²) in [4.78, 5) is 12.2. The molecule has 0 saturated carbocycles. The minimum Gasteiger partial charge on any atom is -0.497 e. The third kappa shape index (κ3) is 4.87. The van der Waals surface area contributed by atoms with Crippen molar-refractivity contribution in [1.29, 1.82) is 0 Å². The highest BCUT2D eigenvalue weighted by atomic mass is 35.5. The van der Waals surface area contributed by atoms with Gasteiger partial charge in [-0.25, -0.2) is 17.2 Å². The lowest BCUT2D eigenvalue weighted by molar-refractivity contribution is 0.102. The molecule has 0 bridgehead atoms. The summed E-state index contributed by atoms with van der Waals surface area (Å²) in [5.41, 5.74) is 0.150. The second-order valence-electron chi connectivity index (χ2n) is 6.06. The predicted molar refractivity (Wildman–Crippen MR) is 110 cm³/mol. The molecule has 0 heterocycles. The van der Waals surface area contributed by atoms with Crippen LogP contribution in [0.5, 0.6) is 5.75 Å². The minimum atomic E-state index is -3.95. The second-order valence-corrected chi connectivity index (χ2v) is 8.15. The lowest BCUT2D eigenvalue weighted by Crippen LogP contribution is -2.15. The number of benzene rings is 3. The van der Waals surface area contributed by atoms with Gasteiger partial charge in [-0.15, -0.1) is 0 Å². The van der Waals surface area contributed by atoms with Crippen molar-refractivity contribution in [2.24, 2.45) is 0 Å². The van der Waals surface area contributed by atoms with Gasteiger partial charge in [-0.1, -0.05) is 17.7 Å². The van der Waals surface area contributed by atoms with Crippen LogP contribution in [0.15, 0.2) is 65.6 Å². The van der Waals surface area contributed by atoms with Crippen LogP contribution in [0.3, 0.4) is 0 Å². The third-order valence-electron chi connectivity index (χ3n) is 4.00. The molecule has 0 aliphatic carbocycles. The number of methoxy groups -OCH3 is 1. The summed E-state index contributed by atoms with van der Waals surface area (Å²) in [7, 11) is -2.46. The van der Waals surface area contributed by atoms with Crippen molar-refractivity contribution in [3.05, 3.63) is 82.9 Å². The summed E-state index contributed by atoms with van der Waals surface area (Å²) in [5, 5.41) is 2.13. The van der Waals surface area contributed by atoms with E-state index in [1.54, 1.807) is 12.1 Å². The van der Waals surface area contributed by atoms with Crippen molar-refractivity contribution >= 4 is 38.9 Å². The molecule has 3 rings (SSSR count). The number of nitrogens with one attached hydrogen (secondary N) is 2.